The molecule has 1 saturated carbocycles. The molecule has 32 heavy (non-hydrogen) atoms. The number of nitrogens with zero attached hydrogens (tertiary/aromatic N) is 1. The largest absolute Gasteiger partial charge is 0.490 e. The first kappa shape index (κ1) is 23.9. The van der Waals surface area contributed by atoms with Gasteiger partial charge < -0.3 is 15.2 Å². The summed E-state index contributed by atoms with van der Waals surface area (Å²) in [6.45, 7) is 5.53. The first-order valence-corrected chi connectivity index (χ1v) is 11.4. The van der Waals surface area contributed by atoms with Crippen molar-refractivity contribution in [2.24, 2.45) is 0 Å². The molecule has 1 aliphatic rings. The second kappa shape index (κ2) is 11.2. The molecule has 2 unspecified atom stereocenters. The Labute approximate surface area is 189 Å². The highest BCUT2D eigenvalue weighted by Crippen LogP contribution is 2.37. The molecule has 0 spiro atoms. The van der Waals surface area contributed by atoms with Crippen LogP contribution in [0.5, 0.6) is 5.75 Å². The van der Waals surface area contributed by atoms with Crippen LogP contribution in [0.4, 0.5) is 4.39 Å². The van der Waals surface area contributed by atoms with Crippen molar-refractivity contribution in [3.05, 3.63) is 65.2 Å². The molecule has 1 heterocycles. The molecule has 3 atom stereocenters. The van der Waals surface area contributed by atoms with E-state index in [1.807, 2.05) is 44.2 Å². The van der Waals surface area contributed by atoms with E-state index in [9.17, 15) is 14.3 Å². The molecule has 0 radical (unpaired) electrons. The van der Waals surface area contributed by atoms with Crippen molar-refractivity contribution in [3.63, 3.8) is 0 Å². The number of hydrogen-bond donors (Lipinski definition) is 2. The molecule has 1 aliphatic carbocycles. The summed E-state index contributed by atoms with van der Waals surface area (Å²) >= 11 is 0. The van der Waals surface area contributed by atoms with E-state index in [0.29, 0.717) is 18.5 Å². The third kappa shape index (κ3) is 6.16. The van der Waals surface area contributed by atoms with Gasteiger partial charge in [0.25, 0.3) is 0 Å². The van der Waals surface area contributed by atoms with Crippen molar-refractivity contribution < 1.29 is 19.0 Å². The van der Waals surface area contributed by atoms with Gasteiger partial charge in [0.05, 0.1) is 23.5 Å². The smallest absolute Gasteiger partial charge is 0.217 e. The number of aliphatic hydroxyl groups is 1. The number of aliphatic hydroxyl groups excluding tert-OH is 1. The highest BCUT2D eigenvalue weighted by Gasteiger charge is 2.30. The van der Waals surface area contributed by atoms with Gasteiger partial charge in [0.15, 0.2) is 0 Å². The van der Waals surface area contributed by atoms with Gasteiger partial charge in [-0.15, -0.1) is 0 Å². The lowest BCUT2D eigenvalue weighted by molar-refractivity contribution is -0.119. The van der Waals surface area contributed by atoms with Crippen LogP contribution in [0, 0.1) is 5.82 Å². The topological polar surface area (TPSA) is 71.5 Å². The summed E-state index contributed by atoms with van der Waals surface area (Å²) in [6, 6.07) is 10.9. The third-order valence-corrected chi connectivity index (χ3v) is 5.91. The van der Waals surface area contributed by atoms with Crippen molar-refractivity contribution in [1.82, 2.24) is 10.3 Å². The number of benzene rings is 1. The van der Waals surface area contributed by atoms with Gasteiger partial charge in [0.2, 0.25) is 5.91 Å². The SMILES string of the molecule is CC/C=C(/CCO)c1ccc(F)c(C2CC[C@@H](Oc3ccc(C(C)NC(C)=O)cc3)C2)n1. The second-order valence-corrected chi connectivity index (χ2v) is 8.42. The van der Waals surface area contributed by atoms with E-state index in [4.69, 9.17) is 4.74 Å². The molecular formula is C26H33FN2O3. The van der Waals surface area contributed by atoms with Crippen molar-refractivity contribution >= 4 is 11.5 Å². The molecule has 0 saturated heterocycles. The number of carbonyl (C=O) groups is 1. The van der Waals surface area contributed by atoms with Gasteiger partial charge in [-0.1, -0.05) is 25.1 Å². The molecular weight excluding hydrogens is 407 g/mol. The number of hydrogen-bond acceptors (Lipinski definition) is 4. The minimum atomic E-state index is -0.282. The lowest BCUT2D eigenvalue weighted by Gasteiger charge is -2.17. The van der Waals surface area contributed by atoms with Gasteiger partial charge in [0, 0.05) is 19.4 Å². The molecule has 6 heteroatoms. The van der Waals surface area contributed by atoms with Crippen LogP contribution >= 0.6 is 0 Å². The fraction of sp³-hybridized carbons (Fsp3) is 0.462. The first-order valence-electron chi connectivity index (χ1n) is 11.4. The summed E-state index contributed by atoms with van der Waals surface area (Å²) in [6.07, 6.45) is 5.77. The molecule has 1 fully saturated rings. The summed E-state index contributed by atoms with van der Waals surface area (Å²) in [7, 11) is 0. The predicted molar refractivity (Wildman–Crippen MR) is 124 cm³/mol. The molecule has 5 nitrogen and oxygen atoms in total. The minimum Gasteiger partial charge on any atom is -0.490 e. The zero-order valence-corrected chi connectivity index (χ0v) is 19.1. The van der Waals surface area contributed by atoms with Crippen LogP contribution in [-0.4, -0.2) is 28.7 Å². The fourth-order valence-corrected chi connectivity index (χ4v) is 4.34. The quantitative estimate of drug-likeness (QED) is 0.554. The molecule has 0 aliphatic heterocycles. The first-order chi connectivity index (χ1) is 15.4. The summed E-state index contributed by atoms with van der Waals surface area (Å²) in [5.41, 5.74) is 3.20. The molecule has 1 amide bonds. The Bertz CT molecular complexity index is 943. The Hall–Kier alpha value is -2.73. The van der Waals surface area contributed by atoms with Crippen LogP contribution in [0.15, 0.2) is 42.5 Å². The summed E-state index contributed by atoms with van der Waals surface area (Å²) in [5.74, 6) is 0.438. The van der Waals surface area contributed by atoms with Crippen molar-refractivity contribution in [2.75, 3.05) is 6.61 Å². The number of rotatable bonds is 9. The highest BCUT2D eigenvalue weighted by molar-refractivity contribution is 5.73. The van der Waals surface area contributed by atoms with Crippen molar-refractivity contribution in [2.45, 2.75) is 70.9 Å². The van der Waals surface area contributed by atoms with Crippen molar-refractivity contribution in [1.29, 1.82) is 0 Å². The second-order valence-electron chi connectivity index (χ2n) is 8.42. The average molecular weight is 441 g/mol. The maximum absolute atomic E-state index is 14.6. The van der Waals surface area contributed by atoms with Gasteiger partial charge >= 0.3 is 0 Å². The van der Waals surface area contributed by atoms with Gasteiger partial charge in [-0.3, -0.25) is 4.79 Å². The normalized spacial score (nSPS) is 19.6. The van der Waals surface area contributed by atoms with Gasteiger partial charge in [0.1, 0.15) is 11.6 Å². The van der Waals surface area contributed by atoms with E-state index in [-0.39, 0.29) is 36.4 Å². The monoisotopic (exact) mass is 440 g/mol. The van der Waals surface area contributed by atoms with E-state index >= 15 is 0 Å². The molecule has 172 valence electrons. The van der Waals surface area contributed by atoms with Crippen LogP contribution in [0.3, 0.4) is 0 Å². The molecule has 2 aromatic rings. The van der Waals surface area contributed by atoms with Gasteiger partial charge in [-0.25, -0.2) is 9.37 Å². The highest BCUT2D eigenvalue weighted by atomic mass is 19.1. The summed E-state index contributed by atoms with van der Waals surface area (Å²) in [5, 5.41) is 12.2. The number of allylic oxidation sites excluding steroid dienone is 1. The average Bonchev–Trinajstić information content (AvgIpc) is 3.22. The fourth-order valence-electron chi connectivity index (χ4n) is 4.34. The van der Waals surface area contributed by atoms with Gasteiger partial charge in [-0.2, -0.15) is 0 Å². The molecule has 2 N–H and O–H groups in total. The standard InChI is InChI=1S/C26H33FN2O3/c1-4-5-20(14-15-30)25-13-12-24(27)26(29-25)21-8-11-23(16-21)32-22-9-6-19(7-10-22)17(2)28-18(3)31/h5-7,9-10,12-13,17,21,23,30H,4,8,11,14-16H2,1-3H3,(H,28,31)/b20-5-/t17?,21?,23-/m1/s1. The molecule has 1 aromatic heterocycles. The zero-order valence-electron chi connectivity index (χ0n) is 19.1. The maximum atomic E-state index is 14.6. The molecule has 0 bridgehead atoms. The Morgan fingerprint density at radius 3 is 2.69 bits per heavy atom. The van der Waals surface area contributed by atoms with Crippen LogP contribution in [0.1, 0.15) is 81.8 Å². The number of aromatic nitrogens is 1. The molecule has 3 rings (SSSR count). The number of amides is 1. The summed E-state index contributed by atoms with van der Waals surface area (Å²) in [4.78, 5) is 15.9. The number of nitrogens with one attached hydrogen (secondary N) is 1. The van der Waals surface area contributed by atoms with E-state index in [1.165, 1.54) is 13.0 Å². The number of halogens is 1. The van der Waals surface area contributed by atoms with E-state index in [0.717, 1.165) is 41.8 Å². The van der Waals surface area contributed by atoms with E-state index < -0.39 is 0 Å². The van der Waals surface area contributed by atoms with Crippen LogP contribution in [0.25, 0.3) is 5.57 Å². The van der Waals surface area contributed by atoms with Crippen LogP contribution in [-0.2, 0) is 4.79 Å². The Kier molecular flexibility index (Phi) is 8.39. The Morgan fingerprint density at radius 1 is 1.28 bits per heavy atom. The van der Waals surface area contributed by atoms with E-state index in [1.54, 1.807) is 6.07 Å². The summed E-state index contributed by atoms with van der Waals surface area (Å²) < 4.78 is 20.8. The van der Waals surface area contributed by atoms with Crippen molar-refractivity contribution in [3.8, 4) is 5.75 Å². The number of pyridine rings is 1. The Balaban J connectivity index is 1.66. The minimum absolute atomic E-state index is 0.00608. The Morgan fingerprint density at radius 2 is 2.03 bits per heavy atom. The number of ether oxygens (including phenoxy) is 1. The number of carbonyl (C=O) groups excluding carboxylic acids is 1. The lowest BCUT2D eigenvalue weighted by atomic mass is 10.0. The third-order valence-electron chi connectivity index (χ3n) is 5.91. The zero-order chi connectivity index (χ0) is 23.1. The predicted octanol–water partition coefficient (Wildman–Crippen LogP) is 5.31. The van der Waals surface area contributed by atoms with Crippen LogP contribution in [0.2, 0.25) is 0 Å². The molecule has 1 aromatic carbocycles. The lowest BCUT2D eigenvalue weighted by Crippen LogP contribution is -2.23. The van der Waals surface area contributed by atoms with Crippen LogP contribution < -0.4 is 10.1 Å². The van der Waals surface area contributed by atoms with E-state index in [2.05, 4.69) is 10.3 Å². The van der Waals surface area contributed by atoms with Gasteiger partial charge in [-0.05, 0) is 74.4 Å². The maximum Gasteiger partial charge on any atom is 0.217 e.